The molecule has 0 radical (unpaired) electrons. The van der Waals surface area contributed by atoms with Crippen molar-refractivity contribution < 1.29 is 147 Å². The maximum Gasteiger partial charge on any atom is 0.347 e. The van der Waals surface area contributed by atoms with Gasteiger partial charge in [-0.25, -0.2) is 43.2 Å². The van der Waals surface area contributed by atoms with Crippen LogP contribution < -0.4 is 0 Å². The number of carbonyl (C=O) groups excluding carboxylic acids is 12. The van der Waals surface area contributed by atoms with Crippen LogP contribution in [-0.2, 0) is 100 Å². The molecular weight excluding hydrogens is 998 g/mol. The van der Waals surface area contributed by atoms with Gasteiger partial charge in [0.2, 0.25) is 0 Å². The zero-order chi connectivity index (χ0) is 55.4. The van der Waals surface area contributed by atoms with E-state index in [0.29, 0.717) is 38.5 Å². The van der Waals surface area contributed by atoms with Crippen LogP contribution in [0.3, 0.4) is 0 Å². The summed E-state index contributed by atoms with van der Waals surface area (Å²) in [4.78, 5) is 135. The van der Waals surface area contributed by atoms with Gasteiger partial charge in [-0.3, -0.25) is 19.3 Å². The Morgan fingerprint density at radius 3 is 0.616 bits per heavy atom. The Morgan fingerprint density at radius 1 is 0.329 bits per heavy atom. The highest BCUT2D eigenvalue weighted by Gasteiger charge is 2.30. The number of carbonyl (C=O) groups is 12. The van der Waals surface area contributed by atoms with E-state index < -0.39 is 127 Å². The van der Waals surface area contributed by atoms with E-state index in [1.54, 1.807) is 4.90 Å². The van der Waals surface area contributed by atoms with E-state index in [2.05, 4.69) is 28.4 Å². The number of hydrogen-bond acceptors (Lipinski definition) is 28. The van der Waals surface area contributed by atoms with Crippen LogP contribution in [0.2, 0.25) is 0 Å². The lowest BCUT2D eigenvalue weighted by molar-refractivity contribution is -0.180. The summed E-state index contributed by atoms with van der Waals surface area (Å²) < 4.78 is 41.8. The fraction of sp³-hybridized carbons (Fsp3) is 0.714. The number of aliphatic hydroxyl groups is 6. The molecule has 0 heterocycles. The molecule has 0 bridgehead atoms. The summed E-state index contributed by atoms with van der Waals surface area (Å²) in [5.41, 5.74) is 0. The average molecular weight is 1070 g/mol. The Hall–Kier alpha value is -6.16. The van der Waals surface area contributed by atoms with Gasteiger partial charge in [0.05, 0.1) is 19.8 Å². The zero-order valence-electron chi connectivity index (χ0n) is 42.6. The molecule has 31 heteroatoms. The van der Waals surface area contributed by atoms with Crippen molar-refractivity contribution >= 4 is 72.6 Å². The van der Waals surface area contributed by atoms with Gasteiger partial charge in [0, 0.05) is 19.6 Å². The molecule has 0 amide bonds. The highest BCUT2D eigenvalue weighted by molar-refractivity contribution is 5.86. The van der Waals surface area contributed by atoms with Crippen molar-refractivity contribution in [3.8, 4) is 0 Å². The lowest BCUT2D eigenvalue weighted by Gasteiger charge is -2.17. The second kappa shape index (κ2) is 45.7. The van der Waals surface area contributed by atoms with Crippen LogP contribution in [0.5, 0.6) is 0 Å². The van der Waals surface area contributed by atoms with Gasteiger partial charge in [0.15, 0.2) is 73.8 Å². The van der Waals surface area contributed by atoms with Crippen molar-refractivity contribution in [3.05, 3.63) is 0 Å². The Bertz CT molecular complexity index is 1450. The Labute approximate surface area is 420 Å². The smallest absolute Gasteiger partial charge is 0.347 e. The van der Waals surface area contributed by atoms with Gasteiger partial charge in [0.1, 0.15) is 18.3 Å². The zero-order valence-corrected chi connectivity index (χ0v) is 42.6. The Morgan fingerprint density at radius 2 is 0.479 bits per heavy atom. The molecule has 0 saturated heterocycles. The third-order valence-corrected chi connectivity index (χ3v) is 7.50. The van der Waals surface area contributed by atoms with Crippen molar-refractivity contribution in [2.75, 3.05) is 39.5 Å². The summed E-state index contributed by atoms with van der Waals surface area (Å²) in [5, 5.41) is 52.2. The quantitative estimate of drug-likeness (QED) is 0.0253. The van der Waals surface area contributed by atoms with E-state index in [9.17, 15) is 57.5 Å². The number of nitrogens with zero attached hydrogens (tertiary/aromatic N) is 1. The first kappa shape index (κ1) is 80.9. The van der Waals surface area contributed by atoms with Crippen molar-refractivity contribution in [1.29, 1.82) is 0 Å². The highest BCUT2D eigenvalue weighted by atomic mass is 16.6. The van der Waals surface area contributed by atoms with Gasteiger partial charge < -0.3 is 89.7 Å². The van der Waals surface area contributed by atoms with Crippen LogP contribution >= 0.6 is 0 Å². The minimum atomic E-state index is -1.37. The summed E-state index contributed by atoms with van der Waals surface area (Å²) in [7, 11) is 0. The minimum absolute atomic E-state index is 0. The average Bonchev–Trinajstić information content (AvgIpc) is 3.28. The number of aldehydes is 3. The molecule has 0 aliphatic carbocycles. The second-order valence-electron chi connectivity index (χ2n) is 14.3. The predicted octanol–water partition coefficient (Wildman–Crippen LogP) is -6.13. The number of hydrogen-bond donors (Lipinski definition) is 6. The molecule has 0 saturated carbocycles. The SMILES string of the molecule is C[C@H](C=O)OC(=O)[C@@H](C)OC(=O)[C@H](C)OC(=O)[C@H](C)O.C[C@H](C=O)OC(=O)[C@@H](C)OC(=O)[C@H](C)OC(=O)[C@H](C)O.C[C@H](C=O)OC(=O)[C@@H](C)OC(=O)[C@H](C)OC(=O)[C@H](C)O.O.O.O.OCCN(CCO)CCO. The van der Waals surface area contributed by atoms with Crippen LogP contribution in [0.15, 0.2) is 0 Å². The fourth-order valence-electron chi connectivity index (χ4n) is 3.60. The monoisotopic (exact) mass is 1070 g/mol. The van der Waals surface area contributed by atoms with Crippen molar-refractivity contribution in [2.24, 2.45) is 0 Å². The maximum absolute atomic E-state index is 11.5. The second-order valence-corrected chi connectivity index (χ2v) is 14.3. The largest absolute Gasteiger partial charge is 0.452 e. The van der Waals surface area contributed by atoms with Gasteiger partial charge in [-0.2, -0.15) is 0 Å². The van der Waals surface area contributed by atoms with E-state index in [1.807, 2.05) is 0 Å². The highest BCUT2D eigenvalue weighted by Crippen LogP contribution is 2.07. The van der Waals surface area contributed by atoms with E-state index in [4.69, 9.17) is 44.8 Å². The lowest BCUT2D eigenvalue weighted by atomic mass is 10.3. The van der Waals surface area contributed by atoms with Gasteiger partial charge in [0.25, 0.3) is 0 Å². The molecule has 12 atom stereocenters. The van der Waals surface area contributed by atoms with Gasteiger partial charge >= 0.3 is 53.7 Å². The van der Waals surface area contributed by atoms with Gasteiger partial charge in [-0.15, -0.1) is 0 Å². The third kappa shape index (κ3) is 41.1. The third-order valence-electron chi connectivity index (χ3n) is 7.50. The molecule has 0 aromatic carbocycles. The molecule has 31 nitrogen and oxygen atoms in total. The van der Waals surface area contributed by atoms with Crippen molar-refractivity contribution in [2.45, 2.75) is 156 Å². The molecule has 0 unspecified atom stereocenters. The summed E-state index contributed by atoms with van der Waals surface area (Å²) in [5.74, 6) is -8.56. The van der Waals surface area contributed by atoms with E-state index in [-0.39, 0.29) is 36.2 Å². The Balaban J connectivity index is -0.000000161. The molecule has 73 heavy (non-hydrogen) atoms. The predicted molar refractivity (Wildman–Crippen MR) is 242 cm³/mol. The number of esters is 9. The molecule has 428 valence electrons. The number of ether oxygens (including phenoxy) is 9. The summed E-state index contributed by atoms with van der Waals surface area (Å²) in [6.07, 6.45) is -13.3. The van der Waals surface area contributed by atoms with E-state index in [1.165, 1.54) is 83.1 Å². The summed E-state index contributed by atoms with van der Waals surface area (Å²) in [6, 6.07) is 0. The first-order chi connectivity index (χ1) is 32.4. The topological polar surface area (TPSA) is 507 Å². The number of rotatable bonds is 27. The molecule has 0 aromatic heterocycles. The van der Waals surface area contributed by atoms with Gasteiger partial charge in [-0.05, 0) is 83.1 Å². The van der Waals surface area contributed by atoms with E-state index >= 15 is 0 Å². The van der Waals surface area contributed by atoms with Crippen molar-refractivity contribution in [3.63, 3.8) is 0 Å². The van der Waals surface area contributed by atoms with Crippen LogP contribution in [0.25, 0.3) is 0 Å². The molecule has 0 aliphatic heterocycles. The first-order valence-electron chi connectivity index (χ1n) is 21.2. The lowest BCUT2D eigenvalue weighted by Crippen LogP contribution is -2.35. The normalized spacial score (nSPS) is 14.8. The summed E-state index contributed by atoms with van der Waals surface area (Å²) >= 11 is 0. The van der Waals surface area contributed by atoms with Gasteiger partial charge in [-0.1, -0.05) is 0 Å². The van der Waals surface area contributed by atoms with E-state index in [0.717, 1.165) is 0 Å². The molecule has 0 fully saturated rings. The fourth-order valence-corrected chi connectivity index (χ4v) is 3.60. The first-order valence-corrected chi connectivity index (χ1v) is 21.2. The van der Waals surface area contributed by atoms with Crippen LogP contribution in [0.4, 0.5) is 0 Å². The summed E-state index contributed by atoms with van der Waals surface area (Å²) in [6.45, 7) is 16.8. The number of aliphatic hydroxyl groups excluding tert-OH is 6. The maximum atomic E-state index is 11.5. The molecule has 12 N–H and O–H groups in total. The minimum Gasteiger partial charge on any atom is -0.452 e. The molecule has 0 spiro atoms. The van der Waals surface area contributed by atoms with Crippen LogP contribution in [0, 0.1) is 0 Å². The standard InChI is InChI=1S/3C12H18O8.C6H15NO3.3H2O/c3*1-6(5-13)18-11(16)8(3)20-12(17)9(4)19-10(15)7(2)14;8-4-1-7(2-5-9)3-6-10;;;/h3*5-9,14H,1-4H3;8-10H,1-6H2;3*1H2/t3*6-,7+,8-,9+;;;;/m111..../s1. The molecule has 0 rings (SSSR count). The molecule has 0 aromatic rings. The van der Waals surface area contributed by atoms with Crippen LogP contribution in [0.1, 0.15) is 83.1 Å². The van der Waals surface area contributed by atoms with Crippen molar-refractivity contribution in [1.82, 2.24) is 4.90 Å². The molecule has 0 aliphatic rings. The Kier molecular flexibility index (Phi) is 50.6. The molecular formula is C42H75NO30. The van der Waals surface area contributed by atoms with Crippen LogP contribution in [-0.4, -0.2) is 237 Å².